The van der Waals surface area contributed by atoms with Crippen molar-refractivity contribution in [2.24, 2.45) is 0 Å². The summed E-state index contributed by atoms with van der Waals surface area (Å²) < 4.78 is 7.87. The molecule has 2 heterocycles. The van der Waals surface area contributed by atoms with E-state index in [0.29, 0.717) is 6.61 Å². The van der Waals surface area contributed by atoms with Gasteiger partial charge in [0.1, 0.15) is 24.7 Å². The highest BCUT2D eigenvalue weighted by Crippen LogP contribution is 2.33. The molecule has 6 rings (SSSR count). The van der Waals surface area contributed by atoms with E-state index in [-0.39, 0.29) is 6.04 Å². The maximum Gasteiger partial charge on any atom is 0.226 e. The molecule has 0 fully saturated rings. The van der Waals surface area contributed by atoms with Gasteiger partial charge in [-0.1, -0.05) is 97.1 Å². The fourth-order valence-electron chi connectivity index (χ4n) is 4.31. The van der Waals surface area contributed by atoms with Crippen LogP contribution in [-0.4, -0.2) is 14.8 Å². The Morgan fingerprint density at radius 1 is 0.714 bits per heavy atom. The third kappa shape index (κ3) is 4.44. The summed E-state index contributed by atoms with van der Waals surface area (Å²) in [6.45, 7) is 0.545. The van der Waals surface area contributed by atoms with Gasteiger partial charge in [0, 0.05) is 5.70 Å². The van der Waals surface area contributed by atoms with E-state index in [4.69, 9.17) is 4.74 Å². The Hall–Kier alpha value is -4.64. The van der Waals surface area contributed by atoms with Gasteiger partial charge in [-0.15, -0.1) is 0 Å². The minimum Gasteiger partial charge on any atom is -0.489 e. The number of aromatic nitrogens is 3. The number of anilines is 1. The van der Waals surface area contributed by atoms with Crippen molar-refractivity contribution in [3.05, 3.63) is 138 Å². The van der Waals surface area contributed by atoms with Gasteiger partial charge in [0.25, 0.3) is 0 Å². The van der Waals surface area contributed by atoms with Gasteiger partial charge in [0.05, 0.1) is 0 Å². The standard InChI is InChI=1S/C30H24N4O/c1-3-7-22(8-4-1)20-35-27-17-15-26(16-18-27)29-19-28(33-30-31-21-32-34(29)30)25-13-11-24(12-14-25)23-9-5-2-6-10-23/h1-19,21,29H,20H2,(H,31,32,33)/t29-/m1/s1. The highest BCUT2D eigenvalue weighted by Gasteiger charge is 2.23. The Balaban J connectivity index is 1.24. The lowest BCUT2D eigenvalue weighted by molar-refractivity contribution is 0.306. The van der Waals surface area contributed by atoms with Crippen LogP contribution in [0.25, 0.3) is 16.8 Å². The molecule has 0 spiro atoms. The summed E-state index contributed by atoms with van der Waals surface area (Å²) in [5.74, 6) is 1.56. The maximum atomic E-state index is 5.96. The maximum absolute atomic E-state index is 5.96. The van der Waals surface area contributed by atoms with Crippen LogP contribution in [0.2, 0.25) is 0 Å². The molecule has 170 valence electrons. The van der Waals surface area contributed by atoms with E-state index in [1.807, 2.05) is 41.1 Å². The molecule has 0 radical (unpaired) electrons. The minimum atomic E-state index is -0.0688. The van der Waals surface area contributed by atoms with Crippen LogP contribution < -0.4 is 10.1 Å². The van der Waals surface area contributed by atoms with Gasteiger partial charge in [0.15, 0.2) is 0 Å². The molecule has 4 aromatic carbocycles. The number of hydrogen-bond donors (Lipinski definition) is 1. The van der Waals surface area contributed by atoms with Crippen molar-refractivity contribution in [2.75, 3.05) is 5.32 Å². The molecule has 35 heavy (non-hydrogen) atoms. The number of nitrogens with one attached hydrogen (secondary N) is 1. The van der Waals surface area contributed by atoms with Crippen LogP contribution in [0.15, 0.2) is 122 Å². The summed E-state index contributed by atoms with van der Waals surface area (Å²) in [5, 5.41) is 7.89. The molecule has 0 saturated heterocycles. The van der Waals surface area contributed by atoms with Crippen LogP contribution >= 0.6 is 0 Å². The normalized spacial score (nSPS) is 14.5. The molecule has 1 aliphatic rings. The van der Waals surface area contributed by atoms with Gasteiger partial charge in [-0.25, -0.2) is 4.68 Å². The lowest BCUT2D eigenvalue weighted by atomic mass is 9.99. The van der Waals surface area contributed by atoms with E-state index in [9.17, 15) is 0 Å². The van der Waals surface area contributed by atoms with Crippen molar-refractivity contribution >= 4 is 11.6 Å². The van der Waals surface area contributed by atoms with E-state index in [2.05, 4.69) is 94.3 Å². The second kappa shape index (κ2) is 9.31. The summed E-state index contributed by atoms with van der Waals surface area (Å²) in [5.41, 5.74) is 6.77. The lowest BCUT2D eigenvalue weighted by Gasteiger charge is -2.24. The van der Waals surface area contributed by atoms with Crippen LogP contribution in [-0.2, 0) is 6.61 Å². The van der Waals surface area contributed by atoms with E-state index in [1.165, 1.54) is 11.1 Å². The predicted octanol–water partition coefficient (Wildman–Crippen LogP) is 6.58. The first-order valence-corrected chi connectivity index (χ1v) is 11.6. The molecule has 1 N–H and O–H groups in total. The van der Waals surface area contributed by atoms with E-state index in [1.54, 1.807) is 6.33 Å². The Kier molecular flexibility index (Phi) is 5.57. The zero-order valence-electron chi connectivity index (χ0n) is 19.1. The number of ether oxygens (including phenoxy) is 1. The van der Waals surface area contributed by atoms with Gasteiger partial charge in [-0.2, -0.15) is 10.1 Å². The summed E-state index contributed by atoms with van der Waals surface area (Å²) >= 11 is 0. The van der Waals surface area contributed by atoms with Crippen LogP contribution in [0, 0.1) is 0 Å². The van der Waals surface area contributed by atoms with Crippen molar-refractivity contribution in [1.82, 2.24) is 14.8 Å². The molecule has 1 aliphatic heterocycles. The number of benzene rings is 4. The van der Waals surface area contributed by atoms with E-state index in [0.717, 1.165) is 34.1 Å². The number of rotatable bonds is 6. The van der Waals surface area contributed by atoms with Gasteiger partial charge in [0.2, 0.25) is 5.95 Å². The monoisotopic (exact) mass is 456 g/mol. The lowest BCUT2D eigenvalue weighted by Crippen LogP contribution is -2.20. The van der Waals surface area contributed by atoms with E-state index < -0.39 is 0 Å². The molecule has 0 unspecified atom stereocenters. The van der Waals surface area contributed by atoms with Crippen molar-refractivity contribution in [3.8, 4) is 16.9 Å². The van der Waals surface area contributed by atoms with E-state index >= 15 is 0 Å². The molecule has 5 nitrogen and oxygen atoms in total. The third-order valence-corrected chi connectivity index (χ3v) is 6.18. The second-order valence-electron chi connectivity index (χ2n) is 8.47. The van der Waals surface area contributed by atoms with Gasteiger partial charge in [-0.05, 0) is 46.0 Å². The van der Waals surface area contributed by atoms with Crippen LogP contribution in [0.3, 0.4) is 0 Å². The first kappa shape index (κ1) is 20.9. The van der Waals surface area contributed by atoms with Gasteiger partial charge < -0.3 is 10.1 Å². The number of allylic oxidation sites excluding steroid dienone is 1. The first-order chi connectivity index (χ1) is 17.3. The Morgan fingerprint density at radius 2 is 1.37 bits per heavy atom. The van der Waals surface area contributed by atoms with Crippen LogP contribution in [0.4, 0.5) is 5.95 Å². The van der Waals surface area contributed by atoms with Gasteiger partial charge in [-0.3, -0.25) is 0 Å². The zero-order chi connectivity index (χ0) is 23.5. The number of fused-ring (bicyclic) bond motifs is 1. The largest absolute Gasteiger partial charge is 0.489 e. The SMILES string of the molecule is C1=C(c2ccc(-c3ccccc3)cc2)Nc2ncnn2[C@H]1c1ccc(OCc2ccccc2)cc1. The van der Waals surface area contributed by atoms with Crippen molar-refractivity contribution in [2.45, 2.75) is 12.6 Å². The minimum absolute atomic E-state index is 0.0688. The average Bonchev–Trinajstić information content (AvgIpc) is 3.42. The highest BCUT2D eigenvalue weighted by molar-refractivity contribution is 5.78. The summed E-state index contributed by atoms with van der Waals surface area (Å²) in [6.07, 6.45) is 3.78. The molecular weight excluding hydrogens is 432 g/mol. The summed E-state index contributed by atoms with van der Waals surface area (Å²) in [7, 11) is 0. The third-order valence-electron chi connectivity index (χ3n) is 6.18. The molecule has 0 aliphatic carbocycles. The fourth-order valence-corrected chi connectivity index (χ4v) is 4.31. The molecule has 5 aromatic rings. The zero-order valence-corrected chi connectivity index (χ0v) is 19.1. The quantitative estimate of drug-likeness (QED) is 0.314. The Morgan fingerprint density at radius 3 is 2.11 bits per heavy atom. The first-order valence-electron chi connectivity index (χ1n) is 11.6. The molecule has 1 atom stereocenters. The van der Waals surface area contributed by atoms with Crippen molar-refractivity contribution < 1.29 is 4.74 Å². The van der Waals surface area contributed by atoms with Crippen LogP contribution in [0.1, 0.15) is 22.7 Å². The molecular formula is C30H24N4O. The molecule has 5 heteroatoms. The molecule has 0 saturated carbocycles. The van der Waals surface area contributed by atoms with Gasteiger partial charge >= 0.3 is 0 Å². The molecule has 0 amide bonds. The second-order valence-corrected chi connectivity index (χ2v) is 8.47. The number of nitrogens with zero attached hydrogens (tertiary/aromatic N) is 3. The van der Waals surface area contributed by atoms with Crippen LogP contribution in [0.5, 0.6) is 5.75 Å². The fraction of sp³-hybridized carbons (Fsp3) is 0.0667. The number of hydrogen-bond acceptors (Lipinski definition) is 4. The predicted molar refractivity (Wildman–Crippen MR) is 139 cm³/mol. The Bertz CT molecular complexity index is 1440. The highest BCUT2D eigenvalue weighted by atomic mass is 16.5. The molecule has 0 bridgehead atoms. The summed E-state index contributed by atoms with van der Waals surface area (Å²) in [4.78, 5) is 4.43. The Labute approximate surface area is 204 Å². The topological polar surface area (TPSA) is 52.0 Å². The molecule has 1 aromatic heterocycles. The van der Waals surface area contributed by atoms with Crippen molar-refractivity contribution in [1.29, 1.82) is 0 Å². The summed E-state index contributed by atoms with van der Waals surface area (Å²) in [6, 6.07) is 37.3. The van der Waals surface area contributed by atoms with Crippen molar-refractivity contribution in [3.63, 3.8) is 0 Å². The average molecular weight is 457 g/mol. The smallest absolute Gasteiger partial charge is 0.226 e.